The van der Waals surface area contributed by atoms with Crippen molar-refractivity contribution in [2.75, 3.05) is 6.54 Å². The number of hydrogen-bond donors (Lipinski definition) is 1. The van der Waals surface area contributed by atoms with Crippen LogP contribution in [0.15, 0.2) is 24.3 Å². The summed E-state index contributed by atoms with van der Waals surface area (Å²) in [6, 6.07) is 7.54. The summed E-state index contributed by atoms with van der Waals surface area (Å²) in [4.78, 5) is 13.5. The lowest BCUT2D eigenvalue weighted by Crippen LogP contribution is -2.47. The van der Waals surface area contributed by atoms with Gasteiger partial charge in [0.25, 0.3) is 0 Å². The van der Waals surface area contributed by atoms with Gasteiger partial charge in [-0.15, -0.1) is 0 Å². The fraction of sp³-hybridized carbons (Fsp3) is 0.385. The van der Waals surface area contributed by atoms with Gasteiger partial charge in [0.1, 0.15) is 0 Å². The Labute approximate surface area is 107 Å². The second-order valence-corrected chi connectivity index (χ2v) is 4.76. The Morgan fingerprint density at radius 1 is 1.41 bits per heavy atom. The van der Waals surface area contributed by atoms with Gasteiger partial charge in [-0.1, -0.05) is 23.7 Å². The van der Waals surface area contributed by atoms with E-state index in [1.54, 1.807) is 0 Å². The van der Waals surface area contributed by atoms with Crippen molar-refractivity contribution >= 4 is 17.5 Å². The van der Waals surface area contributed by atoms with Gasteiger partial charge >= 0.3 is 0 Å². The van der Waals surface area contributed by atoms with Gasteiger partial charge < -0.3 is 5.73 Å². The molecule has 0 bridgehead atoms. The second kappa shape index (κ2) is 5.52. The molecule has 1 heterocycles. The van der Waals surface area contributed by atoms with E-state index in [0.29, 0.717) is 0 Å². The lowest BCUT2D eigenvalue weighted by molar-refractivity contribution is -0.124. The third-order valence-electron chi connectivity index (χ3n) is 3.08. The van der Waals surface area contributed by atoms with E-state index in [0.717, 1.165) is 36.5 Å². The van der Waals surface area contributed by atoms with E-state index in [1.165, 1.54) is 0 Å². The zero-order valence-corrected chi connectivity index (χ0v) is 10.4. The van der Waals surface area contributed by atoms with E-state index in [2.05, 4.69) is 11.3 Å². The number of benzene rings is 1. The molecule has 2 N–H and O–H groups in total. The van der Waals surface area contributed by atoms with Crippen molar-refractivity contribution in [2.24, 2.45) is 5.73 Å². The van der Waals surface area contributed by atoms with Gasteiger partial charge in [-0.2, -0.15) is 0 Å². The van der Waals surface area contributed by atoms with Crippen LogP contribution in [0, 0.1) is 6.42 Å². The maximum atomic E-state index is 11.3. The van der Waals surface area contributed by atoms with Crippen LogP contribution in [0.4, 0.5) is 0 Å². The maximum absolute atomic E-state index is 11.3. The quantitative estimate of drug-likeness (QED) is 0.893. The number of primary amides is 1. The number of rotatable bonds is 3. The lowest BCUT2D eigenvalue weighted by Gasteiger charge is -2.33. The van der Waals surface area contributed by atoms with Crippen LogP contribution in [0.5, 0.6) is 0 Å². The van der Waals surface area contributed by atoms with Crippen molar-refractivity contribution in [1.29, 1.82) is 0 Å². The summed E-state index contributed by atoms with van der Waals surface area (Å²) in [7, 11) is 0. The monoisotopic (exact) mass is 251 g/mol. The van der Waals surface area contributed by atoms with E-state index in [1.807, 2.05) is 24.3 Å². The Kier molecular flexibility index (Phi) is 4.02. The minimum atomic E-state index is -0.241. The first-order chi connectivity index (χ1) is 8.16. The molecular weight excluding hydrogens is 236 g/mol. The van der Waals surface area contributed by atoms with Crippen LogP contribution >= 0.6 is 11.6 Å². The van der Waals surface area contributed by atoms with Crippen LogP contribution in [-0.4, -0.2) is 23.4 Å². The highest BCUT2D eigenvalue weighted by Gasteiger charge is 2.26. The van der Waals surface area contributed by atoms with Gasteiger partial charge in [0.15, 0.2) is 0 Å². The summed E-state index contributed by atoms with van der Waals surface area (Å²) in [5.74, 6) is -0.241. The Hall–Kier alpha value is -1.06. The molecule has 1 fully saturated rings. The molecule has 0 spiro atoms. The lowest BCUT2D eigenvalue weighted by atomic mass is 10.0. The van der Waals surface area contributed by atoms with Crippen molar-refractivity contribution in [3.63, 3.8) is 0 Å². The smallest absolute Gasteiger partial charge is 0.234 e. The number of piperidine rings is 1. The number of likely N-dealkylation sites (tertiary alicyclic amines) is 1. The fourth-order valence-corrected chi connectivity index (χ4v) is 2.27. The van der Waals surface area contributed by atoms with Crippen molar-refractivity contribution in [3.8, 4) is 0 Å². The third-order valence-corrected chi connectivity index (χ3v) is 3.33. The molecule has 4 heteroatoms. The van der Waals surface area contributed by atoms with Gasteiger partial charge in [-0.3, -0.25) is 9.69 Å². The molecule has 2 rings (SSSR count). The maximum Gasteiger partial charge on any atom is 0.234 e. The van der Waals surface area contributed by atoms with Gasteiger partial charge in [0.2, 0.25) is 5.91 Å². The molecule has 91 valence electrons. The van der Waals surface area contributed by atoms with Crippen molar-refractivity contribution in [2.45, 2.75) is 25.4 Å². The molecule has 0 saturated carbocycles. The standard InChI is InChI=1S/C13H16ClN2O/c14-11-6-4-10(5-7-11)9-16-8-2-1-3-12(16)13(15)17/h1,4-7,12H,2-3,8-9H2,(H2,15,17). The summed E-state index contributed by atoms with van der Waals surface area (Å²) in [5, 5.41) is 0.729. The average Bonchev–Trinajstić information content (AvgIpc) is 2.32. The zero-order chi connectivity index (χ0) is 12.3. The summed E-state index contributed by atoms with van der Waals surface area (Å²) in [5.41, 5.74) is 6.57. The zero-order valence-electron chi connectivity index (χ0n) is 9.60. The van der Waals surface area contributed by atoms with Gasteiger partial charge in [-0.05, 0) is 43.5 Å². The first kappa shape index (κ1) is 12.4. The molecule has 1 saturated heterocycles. The predicted octanol–water partition coefficient (Wildman–Crippen LogP) is 1.99. The van der Waals surface area contributed by atoms with Gasteiger partial charge in [0, 0.05) is 11.6 Å². The molecule has 0 aliphatic carbocycles. The molecule has 1 aromatic carbocycles. The van der Waals surface area contributed by atoms with E-state index in [9.17, 15) is 4.79 Å². The Balaban J connectivity index is 2.05. The van der Waals surface area contributed by atoms with Crippen LogP contribution in [0.1, 0.15) is 18.4 Å². The number of nitrogens with two attached hydrogens (primary N) is 1. The van der Waals surface area contributed by atoms with Crippen molar-refractivity contribution in [1.82, 2.24) is 4.90 Å². The molecule has 1 amide bonds. The van der Waals surface area contributed by atoms with E-state index >= 15 is 0 Å². The summed E-state index contributed by atoms with van der Waals surface area (Å²) in [6.07, 6.45) is 3.90. The first-order valence-electron chi connectivity index (χ1n) is 5.76. The van der Waals surface area contributed by atoms with Crippen LogP contribution in [0.25, 0.3) is 0 Å². The highest BCUT2D eigenvalue weighted by molar-refractivity contribution is 6.30. The first-order valence-corrected chi connectivity index (χ1v) is 6.14. The topological polar surface area (TPSA) is 46.3 Å². The van der Waals surface area contributed by atoms with E-state index in [4.69, 9.17) is 17.3 Å². The van der Waals surface area contributed by atoms with Crippen LogP contribution in [0.3, 0.4) is 0 Å². The number of nitrogens with zero attached hydrogens (tertiary/aromatic N) is 1. The molecule has 1 aromatic rings. The minimum absolute atomic E-state index is 0.167. The van der Waals surface area contributed by atoms with Crippen LogP contribution in [-0.2, 0) is 11.3 Å². The second-order valence-electron chi connectivity index (χ2n) is 4.33. The number of carbonyl (C=O) groups excluding carboxylic acids is 1. The van der Waals surface area contributed by atoms with Crippen LogP contribution < -0.4 is 5.73 Å². The molecule has 0 aromatic heterocycles. The number of carbonyl (C=O) groups is 1. The van der Waals surface area contributed by atoms with Crippen molar-refractivity contribution in [3.05, 3.63) is 41.3 Å². The third kappa shape index (κ3) is 3.20. The molecular formula is C13H16ClN2O. The van der Waals surface area contributed by atoms with Crippen LogP contribution in [0.2, 0.25) is 5.02 Å². The highest BCUT2D eigenvalue weighted by atomic mass is 35.5. The number of hydrogen-bond acceptors (Lipinski definition) is 2. The molecule has 1 unspecified atom stereocenters. The van der Waals surface area contributed by atoms with Gasteiger partial charge in [-0.25, -0.2) is 0 Å². The molecule has 17 heavy (non-hydrogen) atoms. The normalized spacial score (nSPS) is 21.4. The summed E-state index contributed by atoms with van der Waals surface area (Å²) >= 11 is 5.84. The summed E-state index contributed by atoms with van der Waals surface area (Å²) < 4.78 is 0. The average molecular weight is 252 g/mol. The molecule has 1 atom stereocenters. The Morgan fingerprint density at radius 3 is 2.76 bits per heavy atom. The highest BCUT2D eigenvalue weighted by Crippen LogP contribution is 2.19. The Bertz CT molecular complexity index is 391. The van der Waals surface area contributed by atoms with E-state index < -0.39 is 0 Å². The van der Waals surface area contributed by atoms with Gasteiger partial charge in [0.05, 0.1) is 6.04 Å². The molecule has 1 aliphatic heterocycles. The largest absolute Gasteiger partial charge is 0.368 e. The number of amides is 1. The number of halogens is 1. The van der Waals surface area contributed by atoms with E-state index in [-0.39, 0.29) is 11.9 Å². The SMILES string of the molecule is NC(=O)C1C[CH]CCN1Cc1ccc(Cl)cc1. The minimum Gasteiger partial charge on any atom is -0.368 e. The van der Waals surface area contributed by atoms with Crippen molar-refractivity contribution < 1.29 is 4.79 Å². The fourth-order valence-electron chi connectivity index (χ4n) is 2.15. The summed E-state index contributed by atoms with van der Waals surface area (Å²) in [6.45, 7) is 1.63. The molecule has 1 radical (unpaired) electrons. The predicted molar refractivity (Wildman–Crippen MR) is 68.4 cm³/mol. The molecule has 1 aliphatic rings. The molecule has 3 nitrogen and oxygen atoms in total. The Morgan fingerprint density at radius 2 is 2.12 bits per heavy atom.